The van der Waals surface area contributed by atoms with Crippen LogP contribution in [0.5, 0.6) is 0 Å². The van der Waals surface area contributed by atoms with E-state index in [1.54, 1.807) is 0 Å². The van der Waals surface area contributed by atoms with Crippen molar-refractivity contribution in [1.29, 1.82) is 0 Å². The van der Waals surface area contributed by atoms with Gasteiger partial charge in [0, 0.05) is 24.9 Å². The number of aldehydes is 1. The molecule has 3 nitrogen and oxygen atoms in total. The van der Waals surface area contributed by atoms with Gasteiger partial charge in [0.15, 0.2) is 0 Å². The van der Waals surface area contributed by atoms with Gasteiger partial charge in [-0.15, -0.1) is 0 Å². The normalized spacial score (nSPS) is 29.9. The fraction of sp³-hybridized carbons (Fsp3) is 0.882. The molecule has 112 valence electrons. The lowest BCUT2D eigenvalue weighted by Crippen LogP contribution is -2.39. The minimum Gasteiger partial charge on any atom is -0.339 e. The lowest BCUT2D eigenvalue weighted by molar-refractivity contribution is -0.138. The van der Waals surface area contributed by atoms with Gasteiger partial charge < -0.3 is 9.69 Å². The summed E-state index contributed by atoms with van der Waals surface area (Å²) in [5.41, 5.74) is 0.466. The van der Waals surface area contributed by atoms with E-state index in [2.05, 4.69) is 11.8 Å². The average Bonchev–Trinajstić information content (AvgIpc) is 2.86. The summed E-state index contributed by atoms with van der Waals surface area (Å²) >= 11 is 0. The fourth-order valence-electron chi connectivity index (χ4n) is 4.45. The summed E-state index contributed by atoms with van der Waals surface area (Å²) < 4.78 is 0. The molecule has 0 aromatic rings. The molecule has 3 aliphatic rings. The molecule has 2 aliphatic carbocycles. The van der Waals surface area contributed by atoms with Gasteiger partial charge in [0.05, 0.1) is 0 Å². The highest BCUT2D eigenvalue weighted by Gasteiger charge is 2.52. The third-order valence-electron chi connectivity index (χ3n) is 5.83. The van der Waals surface area contributed by atoms with Crippen molar-refractivity contribution < 1.29 is 9.59 Å². The number of nitrogens with zero attached hydrogens (tertiary/aromatic N) is 1. The molecule has 3 heteroatoms. The second-order valence-electron chi connectivity index (χ2n) is 7.50. The maximum atomic E-state index is 12.8. The van der Waals surface area contributed by atoms with Crippen molar-refractivity contribution in [2.75, 3.05) is 6.54 Å². The first-order chi connectivity index (χ1) is 9.63. The predicted molar refractivity (Wildman–Crippen MR) is 78.2 cm³/mol. The van der Waals surface area contributed by atoms with Gasteiger partial charge in [-0.05, 0) is 43.9 Å². The number of hydrogen-bond donors (Lipinski definition) is 0. The highest BCUT2D eigenvalue weighted by Crippen LogP contribution is 2.55. The standard InChI is InChI=1S/C17H27NO2/c1-13-11-17(7-8-17)12-18(13)16(20)15(6-9-19)10-14-4-2-3-5-14/h9,13-15H,2-8,10-12H2,1H3. The largest absolute Gasteiger partial charge is 0.339 e. The summed E-state index contributed by atoms with van der Waals surface area (Å²) in [6.45, 7) is 3.13. The Morgan fingerprint density at radius 2 is 2.05 bits per heavy atom. The van der Waals surface area contributed by atoms with E-state index >= 15 is 0 Å². The van der Waals surface area contributed by atoms with E-state index in [1.165, 1.54) is 44.9 Å². The molecule has 3 fully saturated rings. The van der Waals surface area contributed by atoms with Crippen LogP contribution >= 0.6 is 0 Å². The Labute approximate surface area is 122 Å². The smallest absolute Gasteiger partial charge is 0.226 e. The molecule has 0 aromatic heterocycles. The van der Waals surface area contributed by atoms with Crippen molar-refractivity contribution >= 4 is 12.2 Å². The van der Waals surface area contributed by atoms with Crippen LogP contribution < -0.4 is 0 Å². The molecule has 0 radical (unpaired) electrons. The van der Waals surface area contributed by atoms with Crippen LogP contribution in [0.1, 0.15) is 64.7 Å². The first-order valence-electron chi connectivity index (χ1n) is 8.38. The lowest BCUT2D eigenvalue weighted by Gasteiger charge is -2.27. The van der Waals surface area contributed by atoms with Crippen LogP contribution in [-0.4, -0.2) is 29.7 Å². The number of likely N-dealkylation sites (tertiary alicyclic amines) is 1. The zero-order chi connectivity index (χ0) is 14.2. The molecule has 2 unspecified atom stereocenters. The molecule has 2 atom stereocenters. The van der Waals surface area contributed by atoms with Gasteiger partial charge in [-0.1, -0.05) is 25.7 Å². The highest BCUT2D eigenvalue weighted by molar-refractivity contribution is 5.81. The van der Waals surface area contributed by atoms with E-state index in [0.717, 1.165) is 19.3 Å². The van der Waals surface area contributed by atoms with E-state index in [0.29, 0.717) is 23.8 Å². The van der Waals surface area contributed by atoms with Gasteiger partial charge in [-0.25, -0.2) is 0 Å². The summed E-state index contributed by atoms with van der Waals surface area (Å²) in [4.78, 5) is 25.9. The topological polar surface area (TPSA) is 37.4 Å². The fourth-order valence-corrected chi connectivity index (χ4v) is 4.45. The van der Waals surface area contributed by atoms with Crippen LogP contribution in [0, 0.1) is 17.3 Å². The minimum absolute atomic E-state index is 0.0491. The predicted octanol–water partition coefficient (Wildman–Crippen LogP) is 3.17. The lowest BCUT2D eigenvalue weighted by atomic mass is 9.90. The van der Waals surface area contributed by atoms with E-state index in [4.69, 9.17) is 0 Å². The minimum atomic E-state index is -0.0491. The molecule has 1 spiro atoms. The first-order valence-corrected chi connectivity index (χ1v) is 8.38. The summed E-state index contributed by atoms with van der Waals surface area (Å²) in [7, 11) is 0. The van der Waals surface area contributed by atoms with Gasteiger partial charge in [0.25, 0.3) is 0 Å². The summed E-state index contributed by atoms with van der Waals surface area (Å²) in [6.07, 6.45) is 11.2. The number of hydrogen-bond acceptors (Lipinski definition) is 2. The summed E-state index contributed by atoms with van der Waals surface area (Å²) in [6, 6.07) is 0.378. The Kier molecular flexibility index (Phi) is 3.87. The van der Waals surface area contributed by atoms with Crippen molar-refractivity contribution in [3.8, 4) is 0 Å². The van der Waals surface area contributed by atoms with E-state index in [9.17, 15) is 9.59 Å². The van der Waals surface area contributed by atoms with Gasteiger partial charge >= 0.3 is 0 Å². The molecule has 1 saturated heterocycles. The molecule has 0 N–H and O–H groups in total. The van der Waals surface area contributed by atoms with Gasteiger partial charge in [-0.3, -0.25) is 4.79 Å². The van der Waals surface area contributed by atoms with Crippen LogP contribution in [-0.2, 0) is 9.59 Å². The van der Waals surface area contributed by atoms with Crippen molar-refractivity contribution in [1.82, 2.24) is 4.90 Å². The number of carbonyl (C=O) groups is 2. The van der Waals surface area contributed by atoms with Gasteiger partial charge in [-0.2, -0.15) is 0 Å². The second-order valence-corrected chi connectivity index (χ2v) is 7.50. The Bertz CT molecular complexity index is 382. The Morgan fingerprint density at radius 3 is 2.60 bits per heavy atom. The Morgan fingerprint density at radius 1 is 1.35 bits per heavy atom. The Hall–Kier alpha value is -0.860. The van der Waals surface area contributed by atoms with Gasteiger partial charge in [0.2, 0.25) is 5.91 Å². The molecule has 0 aromatic carbocycles. The Balaban J connectivity index is 1.63. The zero-order valence-electron chi connectivity index (χ0n) is 12.6. The van der Waals surface area contributed by atoms with Crippen LogP contribution in [0.4, 0.5) is 0 Å². The molecular weight excluding hydrogens is 250 g/mol. The molecule has 20 heavy (non-hydrogen) atoms. The highest BCUT2D eigenvalue weighted by atomic mass is 16.2. The molecule has 3 rings (SSSR count). The monoisotopic (exact) mass is 277 g/mol. The SMILES string of the molecule is CC1CC2(CC2)CN1C(=O)C(CC=O)CC1CCCC1. The number of carbonyl (C=O) groups excluding carboxylic acids is 2. The second kappa shape index (κ2) is 5.50. The van der Waals surface area contributed by atoms with Crippen molar-refractivity contribution in [3.05, 3.63) is 0 Å². The van der Waals surface area contributed by atoms with E-state index < -0.39 is 0 Å². The van der Waals surface area contributed by atoms with Crippen LogP contribution in [0.15, 0.2) is 0 Å². The third kappa shape index (κ3) is 2.77. The van der Waals surface area contributed by atoms with Gasteiger partial charge in [0.1, 0.15) is 6.29 Å². The molecule has 2 saturated carbocycles. The third-order valence-corrected chi connectivity index (χ3v) is 5.83. The first kappa shape index (κ1) is 14.1. The quantitative estimate of drug-likeness (QED) is 0.724. The van der Waals surface area contributed by atoms with Crippen molar-refractivity contribution in [2.45, 2.75) is 70.8 Å². The van der Waals surface area contributed by atoms with E-state index in [1.807, 2.05) is 0 Å². The summed E-state index contributed by atoms with van der Waals surface area (Å²) in [5.74, 6) is 0.893. The van der Waals surface area contributed by atoms with Crippen LogP contribution in [0.2, 0.25) is 0 Å². The molecule has 0 bridgehead atoms. The number of rotatable bonds is 5. The van der Waals surface area contributed by atoms with Crippen molar-refractivity contribution in [3.63, 3.8) is 0 Å². The van der Waals surface area contributed by atoms with Crippen LogP contribution in [0.3, 0.4) is 0 Å². The maximum Gasteiger partial charge on any atom is 0.226 e. The maximum absolute atomic E-state index is 12.8. The van der Waals surface area contributed by atoms with Crippen molar-refractivity contribution in [2.24, 2.45) is 17.3 Å². The van der Waals surface area contributed by atoms with Crippen LogP contribution in [0.25, 0.3) is 0 Å². The average molecular weight is 277 g/mol. The molecular formula is C17H27NO2. The summed E-state index contributed by atoms with van der Waals surface area (Å²) in [5, 5.41) is 0. The number of amides is 1. The van der Waals surface area contributed by atoms with E-state index in [-0.39, 0.29) is 11.8 Å². The molecule has 1 heterocycles. The zero-order valence-corrected chi connectivity index (χ0v) is 12.6. The molecule has 1 amide bonds. The molecule has 1 aliphatic heterocycles.